The van der Waals surface area contributed by atoms with Crippen molar-refractivity contribution in [2.45, 2.75) is 59.0 Å². The zero-order chi connectivity index (χ0) is 23.0. The van der Waals surface area contributed by atoms with Gasteiger partial charge in [0, 0.05) is 18.1 Å². The van der Waals surface area contributed by atoms with Crippen molar-refractivity contribution in [1.29, 1.82) is 0 Å². The first-order valence-electron chi connectivity index (χ1n) is 10.7. The zero-order valence-corrected chi connectivity index (χ0v) is 19.8. The second-order valence-electron chi connectivity index (χ2n) is 8.65. The highest BCUT2D eigenvalue weighted by Gasteiger charge is 2.27. The summed E-state index contributed by atoms with van der Waals surface area (Å²) in [6.07, 6.45) is 0.827. The van der Waals surface area contributed by atoms with E-state index >= 15 is 0 Å². The molecule has 168 valence electrons. The summed E-state index contributed by atoms with van der Waals surface area (Å²) in [6, 6.07) is 14.4. The van der Waals surface area contributed by atoms with E-state index in [1.165, 1.54) is 4.90 Å². The lowest BCUT2D eigenvalue weighted by atomic mass is 9.86. The van der Waals surface area contributed by atoms with Crippen molar-refractivity contribution >= 4 is 23.4 Å². The second-order valence-corrected chi connectivity index (χ2v) is 9.09. The maximum absolute atomic E-state index is 13.2. The Morgan fingerprint density at radius 2 is 1.84 bits per heavy atom. The molecular formula is C25H33ClN2O3. The van der Waals surface area contributed by atoms with Gasteiger partial charge in [0.25, 0.3) is 5.91 Å². The number of amides is 2. The summed E-state index contributed by atoms with van der Waals surface area (Å²) in [5.74, 6) is 0.226. The minimum absolute atomic E-state index is 0.118. The predicted octanol–water partition coefficient (Wildman–Crippen LogP) is 4.96. The van der Waals surface area contributed by atoms with Gasteiger partial charge in [-0.2, -0.15) is 0 Å². The fourth-order valence-electron chi connectivity index (χ4n) is 3.25. The normalized spacial score (nSPS) is 12.2. The van der Waals surface area contributed by atoms with E-state index in [1.54, 1.807) is 19.1 Å². The lowest BCUT2D eigenvalue weighted by Gasteiger charge is -2.29. The van der Waals surface area contributed by atoms with Gasteiger partial charge in [-0.15, -0.1) is 0 Å². The molecule has 0 aliphatic rings. The summed E-state index contributed by atoms with van der Waals surface area (Å²) in [5, 5.41) is 3.45. The van der Waals surface area contributed by atoms with Crippen LogP contribution in [0.1, 0.15) is 52.2 Å². The van der Waals surface area contributed by atoms with Gasteiger partial charge >= 0.3 is 0 Å². The maximum Gasteiger partial charge on any atom is 0.261 e. The van der Waals surface area contributed by atoms with Crippen LogP contribution in [0.3, 0.4) is 0 Å². The van der Waals surface area contributed by atoms with Crippen molar-refractivity contribution < 1.29 is 14.3 Å². The summed E-state index contributed by atoms with van der Waals surface area (Å²) >= 11 is 6.11. The van der Waals surface area contributed by atoms with Crippen molar-refractivity contribution in [1.82, 2.24) is 10.2 Å². The van der Waals surface area contributed by atoms with E-state index in [0.717, 1.165) is 17.5 Å². The third kappa shape index (κ3) is 7.28. The average Bonchev–Trinajstić information content (AvgIpc) is 2.73. The first-order valence-corrected chi connectivity index (χ1v) is 11.0. The number of halogens is 1. The molecule has 0 spiro atoms. The highest BCUT2D eigenvalue weighted by molar-refractivity contribution is 6.30. The molecule has 6 heteroatoms. The molecule has 1 atom stereocenters. The first kappa shape index (κ1) is 24.7. The molecule has 0 unspecified atom stereocenters. The topological polar surface area (TPSA) is 58.6 Å². The van der Waals surface area contributed by atoms with E-state index in [2.05, 4.69) is 26.1 Å². The molecular weight excluding hydrogens is 412 g/mol. The zero-order valence-electron chi connectivity index (χ0n) is 19.1. The molecule has 31 heavy (non-hydrogen) atoms. The Morgan fingerprint density at radius 1 is 1.13 bits per heavy atom. The lowest BCUT2D eigenvalue weighted by molar-refractivity contribution is -0.142. The quantitative estimate of drug-likeness (QED) is 0.594. The number of carbonyl (C=O) groups excluding carboxylic acids is 2. The predicted molar refractivity (Wildman–Crippen MR) is 125 cm³/mol. The monoisotopic (exact) mass is 444 g/mol. The number of hydrogen-bond donors (Lipinski definition) is 1. The van der Waals surface area contributed by atoms with Crippen molar-refractivity contribution in [2.24, 2.45) is 0 Å². The average molecular weight is 445 g/mol. The molecule has 2 amide bonds. The SMILES string of the molecule is CCCNC(=O)[C@H](C)N(Cc1cccc(Cl)c1)C(=O)COc1ccccc1C(C)(C)C. The molecule has 0 bridgehead atoms. The Hall–Kier alpha value is -2.53. The smallest absolute Gasteiger partial charge is 0.261 e. The number of hydrogen-bond acceptors (Lipinski definition) is 3. The standard InChI is InChI=1S/C25H33ClN2O3/c1-6-14-27-24(30)18(2)28(16-19-10-9-11-20(26)15-19)23(29)17-31-22-13-8-7-12-21(22)25(3,4)5/h7-13,15,18H,6,14,16-17H2,1-5H3,(H,27,30)/t18-/m0/s1. The van der Waals surface area contributed by atoms with Crippen LogP contribution in [0, 0.1) is 0 Å². The summed E-state index contributed by atoms with van der Waals surface area (Å²) in [6.45, 7) is 10.7. The number of nitrogens with one attached hydrogen (secondary N) is 1. The molecule has 0 radical (unpaired) electrons. The molecule has 0 fully saturated rings. The third-order valence-corrected chi connectivity index (χ3v) is 5.24. The molecule has 0 aliphatic carbocycles. The van der Waals surface area contributed by atoms with Gasteiger partial charge in [-0.3, -0.25) is 9.59 Å². The van der Waals surface area contributed by atoms with E-state index in [4.69, 9.17) is 16.3 Å². The fourth-order valence-corrected chi connectivity index (χ4v) is 3.46. The van der Waals surface area contributed by atoms with E-state index in [9.17, 15) is 9.59 Å². The Kier molecular flexibility index (Phi) is 8.93. The van der Waals surface area contributed by atoms with Crippen LogP contribution in [0.2, 0.25) is 5.02 Å². The Balaban J connectivity index is 2.21. The summed E-state index contributed by atoms with van der Waals surface area (Å²) < 4.78 is 5.93. The molecule has 0 saturated carbocycles. The van der Waals surface area contributed by atoms with Crippen LogP contribution in [-0.2, 0) is 21.5 Å². The van der Waals surface area contributed by atoms with Gasteiger partial charge in [0.2, 0.25) is 5.91 Å². The molecule has 5 nitrogen and oxygen atoms in total. The van der Waals surface area contributed by atoms with Crippen LogP contribution >= 0.6 is 11.6 Å². The highest BCUT2D eigenvalue weighted by atomic mass is 35.5. The minimum Gasteiger partial charge on any atom is -0.483 e. The summed E-state index contributed by atoms with van der Waals surface area (Å²) in [7, 11) is 0. The Bertz CT molecular complexity index is 892. The van der Waals surface area contributed by atoms with Crippen LogP contribution in [0.15, 0.2) is 48.5 Å². The van der Waals surface area contributed by atoms with Crippen molar-refractivity contribution in [3.8, 4) is 5.75 Å². The fraction of sp³-hybridized carbons (Fsp3) is 0.440. The van der Waals surface area contributed by atoms with Crippen molar-refractivity contribution in [2.75, 3.05) is 13.2 Å². The first-order chi connectivity index (χ1) is 14.6. The molecule has 0 aliphatic heterocycles. The van der Waals surface area contributed by atoms with Gasteiger partial charge in [-0.1, -0.05) is 69.6 Å². The van der Waals surface area contributed by atoms with E-state index < -0.39 is 6.04 Å². The summed E-state index contributed by atoms with van der Waals surface area (Å²) in [5.41, 5.74) is 1.76. The molecule has 2 rings (SSSR count). The minimum atomic E-state index is -0.639. The number of para-hydroxylation sites is 1. The largest absolute Gasteiger partial charge is 0.483 e. The maximum atomic E-state index is 13.2. The van der Waals surface area contributed by atoms with Crippen LogP contribution in [0.4, 0.5) is 0 Å². The second kappa shape index (κ2) is 11.2. The Labute approximate surface area is 190 Å². The number of nitrogens with zero attached hydrogens (tertiary/aromatic N) is 1. The van der Waals surface area contributed by atoms with Crippen LogP contribution in [0.25, 0.3) is 0 Å². The Morgan fingerprint density at radius 3 is 2.48 bits per heavy atom. The number of benzene rings is 2. The van der Waals surface area contributed by atoms with Gasteiger partial charge in [0.15, 0.2) is 6.61 Å². The molecule has 0 aromatic heterocycles. The molecule has 2 aromatic rings. The van der Waals surface area contributed by atoms with Gasteiger partial charge in [-0.05, 0) is 48.1 Å². The molecule has 1 N–H and O–H groups in total. The third-order valence-electron chi connectivity index (χ3n) is 5.00. The molecule has 0 saturated heterocycles. The molecule has 0 heterocycles. The van der Waals surface area contributed by atoms with Gasteiger partial charge < -0.3 is 15.0 Å². The van der Waals surface area contributed by atoms with Crippen LogP contribution < -0.4 is 10.1 Å². The van der Waals surface area contributed by atoms with Gasteiger partial charge in [0.05, 0.1) is 0 Å². The molecule has 2 aromatic carbocycles. The van der Waals surface area contributed by atoms with E-state index in [0.29, 0.717) is 17.3 Å². The van der Waals surface area contributed by atoms with Crippen molar-refractivity contribution in [3.05, 3.63) is 64.7 Å². The number of carbonyl (C=O) groups is 2. The van der Waals surface area contributed by atoms with E-state index in [-0.39, 0.29) is 30.4 Å². The van der Waals surface area contributed by atoms with Crippen LogP contribution in [-0.4, -0.2) is 35.9 Å². The highest BCUT2D eigenvalue weighted by Crippen LogP contribution is 2.31. The van der Waals surface area contributed by atoms with Crippen LogP contribution in [0.5, 0.6) is 5.75 Å². The van der Waals surface area contributed by atoms with E-state index in [1.807, 2.05) is 43.3 Å². The van der Waals surface area contributed by atoms with Crippen molar-refractivity contribution in [3.63, 3.8) is 0 Å². The lowest BCUT2D eigenvalue weighted by Crippen LogP contribution is -2.49. The van der Waals surface area contributed by atoms with Gasteiger partial charge in [0.1, 0.15) is 11.8 Å². The summed E-state index contributed by atoms with van der Waals surface area (Å²) in [4.78, 5) is 27.3. The number of rotatable bonds is 9. The van der Waals surface area contributed by atoms with Gasteiger partial charge in [-0.25, -0.2) is 0 Å². The number of ether oxygens (including phenoxy) is 1.